The van der Waals surface area contributed by atoms with Gasteiger partial charge in [0.05, 0.1) is 6.61 Å². The smallest absolute Gasteiger partial charge is 0.355 e. The molecule has 8 heteroatoms. The van der Waals surface area contributed by atoms with E-state index in [1.54, 1.807) is 20.8 Å². The number of hydrogen-bond donors (Lipinski definition) is 2. The van der Waals surface area contributed by atoms with E-state index in [2.05, 4.69) is 10.3 Å². The van der Waals surface area contributed by atoms with Crippen molar-refractivity contribution in [1.29, 1.82) is 0 Å². The van der Waals surface area contributed by atoms with Gasteiger partial charge in [-0.25, -0.2) is 4.79 Å². The lowest BCUT2D eigenvalue weighted by atomic mass is 10.1. The fourth-order valence-electron chi connectivity index (χ4n) is 2.43. The molecule has 0 saturated carbocycles. The lowest BCUT2D eigenvalue weighted by molar-refractivity contribution is -0.143. The number of carbonyl (C=O) groups is 4. The summed E-state index contributed by atoms with van der Waals surface area (Å²) in [6, 6.07) is 0. The first-order chi connectivity index (χ1) is 11.8. The molecular formula is C17H24N2O6. The topological polar surface area (TPSA) is 115 Å². The molecule has 1 rings (SSSR count). The number of nitrogens with one attached hydrogen (secondary N) is 2. The summed E-state index contributed by atoms with van der Waals surface area (Å²) < 4.78 is 9.72. The van der Waals surface area contributed by atoms with Crippen LogP contribution in [-0.4, -0.2) is 48.4 Å². The predicted octanol–water partition coefficient (Wildman–Crippen LogP) is 1.45. The van der Waals surface area contributed by atoms with Gasteiger partial charge in [0.25, 0.3) is 5.91 Å². The summed E-state index contributed by atoms with van der Waals surface area (Å²) in [4.78, 5) is 49.2. The molecule has 0 spiro atoms. The molecule has 1 aromatic rings. The first-order valence-electron chi connectivity index (χ1n) is 8.07. The number of esters is 2. The Bertz CT molecular complexity index is 662. The molecular weight excluding hydrogens is 328 g/mol. The van der Waals surface area contributed by atoms with Gasteiger partial charge in [-0.1, -0.05) is 0 Å². The Morgan fingerprint density at radius 2 is 1.80 bits per heavy atom. The Labute approximate surface area is 146 Å². The molecule has 0 radical (unpaired) electrons. The number of hydrogen-bond acceptors (Lipinski definition) is 6. The number of ether oxygens (including phenoxy) is 2. The van der Waals surface area contributed by atoms with E-state index in [9.17, 15) is 19.2 Å². The number of amides is 1. The van der Waals surface area contributed by atoms with Crippen LogP contribution in [0.2, 0.25) is 0 Å². The molecule has 0 aliphatic heterocycles. The van der Waals surface area contributed by atoms with E-state index < -0.39 is 18.5 Å². The zero-order valence-electron chi connectivity index (χ0n) is 15.0. The largest absolute Gasteiger partial charge is 0.466 e. The Kier molecular flexibility index (Phi) is 7.84. The van der Waals surface area contributed by atoms with Gasteiger partial charge in [-0.05, 0) is 39.7 Å². The molecule has 0 fully saturated rings. The van der Waals surface area contributed by atoms with Gasteiger partial charge in [0.15, 0.2) is 12.4 Å². The van der Waals surface area contributed by atoms with E-state index in [0.29, 0.717) is 29.8 Å². The second kappa shape index (κ2) is 9.61. The van der Waals surface area contributed by atoms with Gasteiger partial charge < -0.3 is 19.8 Å². The van der Waals surface area contributed by atoms with Crippen molar-refractivity contribution < 1.29 is 28.7 Å². The second-order valence-corrected chi connectivity index (χ2v) is 5.52. The number of rotatable bonds is 9. The lowest BCUT2D eigenvalue weighted by Crippen LogP contribution is -2.30. The maximum atomic E-state index is 12.0. The predicted molar refractivity (Wildman–Crippen MR) is 89.4 cm³/mol. The van der Waals surface area contributed by atoms with Crippen LogP contribution < -0.4 is 5.32 Å². The van der Waals surface area contributed by atoms with Crippen LogP contribution in [0.1, 0.15) is 58.8 Å². The van der Waals surface area contributed by atoms with Crippen molar-refractivity contribution in [2.24, 2.45) is 0 Å². The average Bonchev–Trinajstić information content (AvgIpc) is 2.84. The number of aromatic amines is 1. The van der Waals surface area contributed by atoms with Gasteiger partial charge >= 0.3 is 11.9 Å². The van der Waals surface area contributed by atoms with Crippen LogP contribution in [0, 0.1) is 13.8 Å². The van der Waals surface area contributed by atoms with Crippen LogP contribution >= 0.6 is 0 Å². The zero-order valence-corrected chi connectivity index (χ0v) is 15.0. The summed E-state index contributed by atoms with van der Waals surface area (Å²) >= 11 is 0. The molecule has 8 nitrogen and oxygen atoms in total. The Balaban J connectivity index is 2.41. The number of H-pyrrole nitrogens is 1. The van der Waals surface area contributed by atoms with Crippen molar-refractivity contribution in [3.63, 3.8) is 0 Å². The van der Waals surface area contributed by atoms with Crippen LogP contribution in [0.4, 0.5) is 0 Å². The third-order valence-electron chi connectivity index (χ3n) is 3.51. The SMILES string of the molecule is CCOC(=O)CCCNC(=O)COC(=O)c1[nH]c(C)c(C(C)=O)c1C. The highest BCUT2D eigenvalue weighted by Crippen LogP contribution is 2.19. The van der Waals surface area contributed by atoms with Gasteiger partial charge in [-0.3, -0.25) is 14.4 Å². The first-order valence-corrected chi connectivity index (χ1v) is 8.07. The highest BCUT2D eigenvalue weighted by molar-refractivity contribution is 6.01. The number of aryl methyl sites for hydroxylation is 1. The molecule has 2 N–H and O–H groups in total. The Morgan fingerprint density at radius 3 is 2.36 bits per heavy atom. The lowest BCUT2D eigenvalue weighted by Gasteiger charge is -2.06. The van der Waals surface area contributed by atoms with Crippen molar-refractivity contribution in [2.75, 3.05) is 19.8 Å². The molecule has 25 heavy (non-hydrogen) atoms. The van der Waals surface area contributed by atoms with Crippen molar-refractivity contribution >= 4 is 23.6 Å². The molecule has 0 unspecified atom stereocenters. The zero-order chi connectivity index (χ0) is 19.0. The van der Waals surface area contributed by atoms with E-state index in [-0.39, 0.29) is 30.4 Å². The van der Waals surface area contributed by atoms with E-state index in [1.807, 2.05) is 0 Å². The molecule has 138 valence electrons. The summed E-state index contributed by atoms with van der Waals surface area (Å²) in [5.74, 6) is -1.63. The van der Waals surface area contributed by atoms with Gasteiger partial charge in [-0.2, -0.15) is 0 Å². The minimum Gasteiger partial charge on any atom is -0.466 e. The van der Waals surface area contributed by atoms with Crippen LogP contribution in [0.3, 0.4) is 0 Å². The third kappa shape index (κ3) is 6.06. The van der Waals surface area contributed by atoms with Gasteiger partial charge in [-0.15, -0.1) is 0 Å². The van der Waals surface area contributed by atoms with E-state index in [4.69, 9.17) is 9.47 Å². The molecule has 0 atom stereocenters. The maximum Gasteiger partial charge on any atom is 0.355 e. The minimum absolute atomic E-state index is 0.148. The van der Waals surface area contributed by atoms with Gasteiger partial charge in [0, 0.05) is 24.2 Å². The molecule has 0 aliphatic rings. The summed E-state index contributed by atoms with van der Waals surface area (Å²) in [6.07, 6.45) is 0.651. The Hall–Kier alpha value is -2.64. The van der Waals surface area contributed by atoms with E-state index in [1.165, 1.54) is 6.92 Å². The summed E-state index contributed by atoms with van der Waals surface area (Å²) in [5, 5.41) is 2.55. The normalized spacial score (nSPS) is 10.2. The number of Topliss-reactive ketones (excluding diaryl/α,β-unsaturated/α-hetero) is 1. The number of ketones is 1. The van der Waals surface area contributed by atoms with Crippen molar-refractivity contribution in [2.45, 2.75) is 40.5 Å². The second-order valence-electron chi connectivity index (χ2n) is 5.52. The minimum atomic E-state index is -0.699. The average molecular weight is 352 g/mol. The maximum absolute atomic E-state index is 12.0. The quantitative estimate of drug-likeness (QED) is 0.395. The number of aromatic nitrogens is 1. The fraction of sp³-hybridized carbons (Fsp3) is 0.529. The van der Waals surface area contributed by atoms with Crippen LogP contribution in [0.5, 0.6) is 0 Å². The molecule has 0 aromatic carbocycles. The molecule has 1 aromatic heterocycles. The summed E-state index contributed by atoms with van der Waals surface area (Å²) in [7, 11) is 0. The Morgan fingerprint density at radius 1 is 1.12 bits per heavy atom. The number of carbonyl (C=O) groups excluding carboxylic acids is 4. The van der Waals surface area contributed by atoms with Gasteiger partial charge in [0.2, 0.25) is 0 Å². The van der Waals surface area contributed by atoms with Crippen LogP contribution in [0.15, 0.2) is 0 Å². The molecule has 0 bridgehead atoms. The monoisotopic (exact) mass is 352 g/mol. The summed E-state index contributed by atoms with van der Waals surface area (Å²) in [6.45, 7) is 6.64. The molecule has 0 saturated heterocycles. The highest BCUT2D eigenvalue weighted by Gasteiger charge is 2.21. The summed E-state index contributed by atoms with van der Waals surface area (Å²) in [5.41, 5.74) is 1.71. The van der Waals surface area contributed by atoms with Crippen molar-refractivity contribution in [3.05, 3.63) is 22.5 Å². The molecule has 1 heterocycles. The highest BCUT2D eigenvalue weighted by atomic mass is 16.5. The van der Waals surface area contributed by atoms with Crippen LogP contribution in [-0.2, 0) is 19.1 Å². The first kappa shape index (κ1) is 20.4. The fourth-order valence-corrected chi connectivity index (χ4v) is 2.43. The van der Waals surface area contributed by atoms with Crippen molar-refractivity contribution in [3.8, 4) is 0 Å². The molecule has 1 amide bonds. The van der Waals surface area contributed by atoms with E-state index >= 15 is 0 Å². The van der Waals surface area contributed by atoms with Crippen LogP contribution in [0.25, 0.3) is 0 Å². The standard InChI is InChI=1S/C17H24N2O6/c1-5-24-14(22)7-6-8-18-13(21)9-25-17(23)16-10(2)15(12(4)20)11(3)19-16/h19H,5-9H2,1-4H3,(H,18,21). The third-order valence-corrected chi connectivity index (χ3v) is 3.51. The van der Waals surface area contributed by atoms with E-state index in [0.717, 1.165) is 0 Å². The molecule has 0 aliphatic carbocycles. The van der Waals surface area contributed by atoms with Crippen molar-refractivity contribution in [1.82, 2.24) is 10.3 Å². The van der Waals surface area contributed by atoms with Gasteiger partial charge in [0.1, 0.15) is 5.69 Å².